The topological polar surface area (TPSA) is 29.5 Å². The van der Waals surface area contributed by atoms with Crippen molar-refractivity contribution in [1.82, 2.24) is 0 Å². The van der Waals surface area contributed by atoms with E-state index in [4.69, 9.17) is 9.84 Å². The summed E-state index contributed by atoms with van der Waals surface area (Å²) in [6.07, 6.45) is -0.741. The number of aliphatic hydroxyl groups is 1. The van der Waals surface area contributed by atoms with Crippen LogP contribution in [0.1, 0.15) is 20.8 Å². The molecule has 1 fully saturated rings. The molecule has 3 heteroatoms. The van der Waals surface area contributed by atoms with E-state index in [-0.39, 0.29) is 18.6 Å². The molecule has 0 amide bonds. The lowest BCUT2D eigenvalue weighted by Crippen LogP contribution is -2.34. The summed E-state index contributed by atoms with van der Waals surface area (Å²) >= 11 is 0. The summed E-state index contributed by atoms with van der Waals surface area (Å²) < 4.78 is 18.8. The van der Waals surface area contributed by atoms with Crippen molar-refractivity contribution in [2.75, 3.05) is 6.61 Å². The van der Waals surface area contributed by atoms with E-state index < -0.39 is 11.8 Å². The van der Waals surface area contributed by atoms with Gasteiger partial charge < -0.3 is 9.84 Å². The Morgan fingerprint density at radius 1 is 1.55 bits per heavy atom. The van der Waals surface area contributed by atoms with Gasteiger partial charge in [-0.05, 0) is 13.8 Å². The van der Waals surface area contributed by atoms with E-state index in [9.17, 15) is 4.39 Å². The maximum absolute atomic E-state index is 13.6. The van der Waals surface area contributed by atoms with Crippen LogP contribution in [0.3, 0.4) is 0 Å². The molecule has 1 heterocycles. The summed E-state index contributed by atoms with van der Waals surface area (Å²) in [5.74, 6) is -0.220. The second kappa shape index (κ2) is 2.72. The molecule has 1 aliphatic rings. The van der Waals surface area contributed by atoms with Gasteiger partial charge >= 0.3 is 0 Å². The third-order valence-electron chi connectivity index (χ3n) is 2.80. The maximum Gasteiger partial charge on any atom is 0.139 e. The Kier molecular flexibility index (Phi) is 2.21. The molecule has 66 valence electrons. The minimum atomic E-state index is -1.30. The molecule has 0 radical (unpaired) electrons. The highest BCUT2D eigenvalue weighted by atomic mass is 19.1. The predicted octanol–water partition coefficient (Wildman–Crippen LogP) is 1.13. The molecule has 0 aromatic carbocycles. The van der Waals surface area contributed by atoms with Crippen LogP contribution in [-0.4, -0.2) is 29.6 Å². The molecule has 2 nitrogen and oxygen atoms in total. The van der Waals surface area contributed by atoms with Crippen molar-refractivity contribution in [1.29, 1.82) is 0 Å². The second-order valence-electron chi connectivity index (χ2n) is 3.44. The molecule has 0 aromatic rings. The molecule has 1 N–H and O–H groups in total. The largest absolute Gasteiger partial charge is 0.394 e. The lowest BCUT2D eigenvalue weighted by atomic mass is 9.88. The van der Waals surface area contributed by atoms with Crippen LogP contribution in [0, 0.1) is 5.92 Å². The Balaban J connectivity index is 2.71. The van der Waals surface area contributed by atoms with Crippen molar-refractivity contribution in [3.63, 3.8) is 0 Å². The van der Waals surface area contributed by atoms with E-state index in [0.29, 0.717) is 0 Å². The summed E-state index contributed by atoms with van der Waals surface area (Å²) in [7, 11) is 0. The molecular formula is C8H15FO2. The van der Waals surface area contributed by atoms with Gasteiger partial charge in [-0.15, -0.1) is 0 Å². The molecule has 4 atom stereocenters. The SMILES string of the molecule is C[C@@H]1O[C@H](CO)[C@@H](C)[C@@]1(C)F. The fraction of sp³-hybridized carbons (Fsp3) is 1.00. The molecule has 1 rings (SSSR count). The zero-order valence-corrected chi connectivity index (χ0v) is 7.17. The van der Waals surface area contributed by atoms with Gasteiger partial charge in [-0.2, -0.15) is 0 Å². The first-order valence-electron chi connectivity index (χ1n) is 3.95. The average Bonchev–Trinajstić information content (AvgIpc) is 2.14. The quantitative estimate of drug-likeness (QED) is 0.626. The number of hydrogen-bond acceptors (Lipinski definition) is 2. The normalized spacial score (nSPS) is 51.5. The van der Waals surface area contributed by atoms with Crippen LogP contribution in [0.5, 0.6) is 0 Å². The number of hydrogen-bond donors (Lipinski definition) is 1. The van der Waals surface area contributed by atoms with Crippen molar-refractivity contribution < 1.29 is 14.2 Å². The number of ether oxygens (including phenoxy) is 1. The summed E-state index contributed by atoms with van der Waals surface area (Å²) in [6, 6.07) is 0. The minimum Gasteiger partial charge on any atom is -0.394 e. The van der Waals surface area contributed by atoms with Gasteiger partial charge in [-0.3, -0.25) is 0 Å². The van der Waals surface area contributed by atoms with Crippen molar-refractivity contribution in [3.05, 3.63) is 0 Å². The van der Waals surface area contributed by atoms with Gasteiger partial charge in [-0.25, -0.2) is 4.39 Å². The number of alkyl halides is 1. The summed E-state index contributed by atoms with van der Waals surface area (Å²) in [6.45, 7) is 4.90. The van der Waals surface area contributed by atoms with Gasteiger partial charge in [0.2, 0.25) is 0 Å². The van der Waals surface area contributed by atoms with Gasteiger partial charge in [0.15, 0.2) is 0 Å². The molecular weight excluding hydrogens is 147 g/mol. The van der Waals surface area contributed by atoms with Crippen LogP contribution in [0.2, 0.25) is 0 Å². The van der Waals surface area contributed by atoms with Crippen molar-refractivity contribution in [3.8, 4) is 0 Å². The lowest BCUT2D eigenvalue weighted by molar-refractivity contribution is -0.00534. The van der Waals surface area contributed by atoms with E-state index in [0.717, 1.165) is 0 Å². The fourth-order valence-electron chi connectivity index (χ4n) is 1.45. The Hall–Kier alpha value is -0.150. The highest BCUT2D eigenvalue weighted by Gasteiger charge is 2.49. The zero-order valence-electron chi connectivity index (χ0n) is 7.17. The maximum atomic E-state index is 13.6. The standard InChI is InChI=1S/C8H15FO2/c1-5-7(4-10)11-6(2)8(5,3)9/h5-7,10H,4H2,1-3H3/t5-,6+,7-,8-/m1/s1. The summed E-state index contributed by atoms with van der Waals surface area (Å²) in [5, 5.41) is 8.79. The highest BCUT2D eigenvalue weighted by molar-refractivity contribution is 4.96. The molecule has 1 aliphatic heterocycles. The molecule has 0 saturated carbocycles. The smallest absolute Gasteiger partial charge is 0.139 e. The van der Waals surface area contributed by atoms with E-state index in [1.165, 1.54) is 6.92 Å². The molecule has 0 aromatic heterocycles. The third-order valence-corrected chi connectivity index (χ3v) is 2.80. The van der Waals surface area contributed by atoms with Crippen LogP contribution in [-0.2, 0) is 4.74 Å². The number of halogens is 1. The van der Waals surface area contributed by atoms with Gasteiger partial charge in [0.05, 0.1) is 18.8 Å². The van der Waals surface area contributed by atoms with Crippen LogP contribution in [0.15, 0.2) is 0 Å². The first-order chi connectivity index (χ1) is 5.00. The van der Waals surface area contributed by atoms with Crippen molar-refractivity contribution in [2.24, 2.45) is 5.92 Å². The lowest BCUT2D eigenvalue weighted by Gasteiger charge is -2.21. The first kappa shape index (κ1) is 8.94. The van der Waals surface area contributed by atoms with Gasteiger partial charge in [0, 0.05) is 5.92 Å². The van der Waals surface area contributed by atoms with E-state index in [2.05, 4.69) is 0 Å². The van der Waals surface area contributed by atoms with Crippen molar-refractivity contribution in [2.45, 2.75) is 38.6 Å². The van der Waals surface area contributed by atoms with E-state index in [1.54, 1.807) is 13.8 Å². The average molecular weight is 162 g/mol. The Bertz CT molecular complexity index is 147. The van der Waals surface area contributed by atoms with Crippen molar-refractivity contribution >= 4 is 0 Å². The van der Waals surface area contributed by atoms with E-state index in [1.807, 2.05) is 0 Å². The molecule has 11 heavy (non-hydrogen) atoms. The molecule has 0 spiro atoms. The van der Waals surface area contributed by atoms with Gasteiger partial charge in [0.25, 0.3) is 0 Å². The number of aliphatic hydroxyl groups excluding tert-OH is 1. The van der Waals surface area contributed by atoms with Gasteiger partial charge in [0.1, 0.15) is 5.67 Å². The zero-order chi connectivity index (χ0) is 8.65. The summed E-state index contributed by atoms with van der Waals surface area (Å²) in [4.78, 5) is 0. The first-order valence-corrected chi connectivity index (χ1v) is 3.95. The highest BCUT2D eigenvalue weighted by Crippen LogP contribution is 2.38. The fourth-order valence-corrected chi connectivity index (χ4v) is 1.45. The van der Waals surface area contributed by atoms with Gasteiger partial charge in [-0.1, -0.05) is 6.92 Å². The summed E-state index contributed by atoms with van der Waals surface area (Å²) in [5.41, 5.74) is -1.30. The van der Waals surface area contributed by atoms with Crippen LogP contribution in [0.4, 0.5) is 4.39 Å². The minimum absolute atomic E-state index is 0.0922. The Morgan fingerprint density at radius 3 is 2.27 bits per heavy atom. The molecule has 0 unspecified atom stereocenters. The number of rotatable bonds is 1. The monoisotopic (exact) mass is 162 g/mol. The molecule has 1 saturated heterocycles. The molecule has 0 bridgehead atoms. The Labute approximate surface area is 66.4 Å². The Morgan fingerprint density at radius 2 is 2.09 bits per heavy atom. The van der Waals surface area contributed by atoms with Crippen LogP contribution in [0.25, 0.3) is 0 Å². The third kappa shape index (κ3) is 1.27. The van der Waals surface area contributed by atoms with E-state index >= 15 is 0 Å². The molecule has 0 aliphatic carbocycles. The second-order valence-corrected chi connectivity index (χ2v) is 3.44. The predicted molar refractivity (Wildman–Crippen MR) is 40.1 cm³/mol. The van der Waals surface area contributed by atoms with Crippen LogP contribution < -0.4 is 0 Å². The van der Waals surface area contributed by atoms with Crippen LogP contribution >= 0.6 is 0 Å².